The second-order valence-corrected chi connectivity index (χ2v) is 7.11. The van der Waals surface area contributed by atoms with Gasteiger partial charge in [0.1, 0.15) is 0 Å². The van der Waals surface area contributed by atoms with Gasteiger partial charge in [0.05, 0.1) is 23.1 Å². The van der Waals surface area contributed by atoms with Gasteiger partial charge in [-0.2, -0.15) is 5.10 Å². The smallest absolute Gasteiger partial charge is 0.257 e. The molecule has 2 aromatic rings. The van der Waals surface area contributed by atoms with Gasteiger partial charge in [-0.1, -0.05) is 18.2 Å². The van der Waals surface area contributed by atoms with Crippen LogP contribution in [0.1, 0.15) is 35.3 Å². The van der Waals surface area contributed by atoms with Gasteiger partial charge in [0.25, 0.3) is 5.91 Å². The second-order valence-electron chi connectivity index (χ2n) is 7.11. The van der Waals surface area contributed by atoms with E-state index in [1.807, 2.05) is 46.8 Å². The average molecular weight is 324 g/mol. The van der Waals surface area contributed by atoms with Crippen molar-refractivity contribution in [3.05, 3.63) is 47.8 Å². The number of hydrogen-bond acceptors (Lipinski definition) is 3. The fourth-order valence-corrected chi connectivity index (χ4v) is 4.03. The number of rotatable bonds is 2. The molecule has 2 fully saturated rings. The SMILES string of the molecule is Cc1c(C(=O)N2CCC3(CCNC3)CC2)cnn1-c1ccccc1. The predicted octanol–water partition coefficient (Wildman–Crippen LogP) is 2.40. The van der Waals surface area contributed by atoms with E-state index >= 15 is 0 Å². The van der Waals surface area contributed by atoms with Crippen LogP contribution in [-0.2, 0) is 0 Å². The van der Waals surface area contributed by atoms with E-state index in [1.54, 1.807) is 6.20 Å². The number of nitrogens with zero attached hydrogens (tertiary/aromatic N) is 3. The van der Waals surface area contributed by atoms with Gasteiger partial charge in [-0.25, -0.2) is 4.68 Å². The first-order valence-electron chi connectivity index (χ1n) is 8.79. The highest BCUT2D eigenvalue weighted by atomic mass is 16.2. The topological polar surface area (TPSA) is 50.2 Å². The molecule has 1 aromatic heterocycles. The minimum absolute atomic E-state index is 0.121. The van der Waals surface area contributed by atoms with Crippen LogP contribution in [0.4, 0.5) is 0 Å². The minimum Gasteiger partial charge on any atom is -0.338 e. The third-order valence-corrected chi connectivity index (χ3v) is 5.68. The molecule has 0 aliphatic carbocycles. The van der Waals surface area contributed by atoms with Crippen LogP contribution >= 0.6 is 0 Å². The Labute approximate surface area is 142 Å². The Balaban J connectivity index is 1.50. The molecule has 1 amide bonds. The molecule has 2 saturated heterocycles. The van der Waals surface area contributed by atoms with E-state index in [0.29, 0.717) is 5.41 Å². The van der Waals surface area contributed by atoms with Gasteiger partial charge < -0.3 is 10.2 Å². The van der Waals surface area contributed by atoms with Crippen molar-refractivity contribution >= 4 is 5.91 Å². The van der Waals surface area contributed by atoms with E-state index in [1.165, 1.54) is 6.42 Å². The average Bonchev–Trinajstić information content (AvgIpc) is 3.23. The van der Waals surface area contributed by atoms with Crippen molar-refractivity contribution in [2.24, 2.45) is 5.41 Å². The second kappa shape index (κ2) is 6.06. The molecule has 1 aromatic carbocycles. The zero-order valence-corrected chi connectivity index (χ0v) is 14.2. The number of likely N-dealkylation sites (tertiary alicyclic amines) is 1. The molecule has 1 N–H and O–H groups in total. The number of amides is 1. The molecule has 5 heteroatoms. The summed E-state index contributed by atoms with van der Waals surface area (Å²) in [5, 5.41) is 7.90. The number of carbonyl (C=O) groups is 1. The third kappa shape index (κ3) is 2.63. The summed E-state index contributed by atoms with van der Waals surface area (Å²) < 4.78 is 1.85. The Hall–Kier alpha value is -2.14. The van der Waals surface area contributed by atoms with E-state index in [9.17, 15) is 4.79 Å². The van der Waals surface area contributed by atoms with E-state index in [4.69, 9.17) is 0 Å². The lowest BCUT2D eigenvalue weighted by Crippen LogP contribution is -2.44. The molecule has 0 atom stereocenters. The maximum Gasteiger partial charge on any atom is 0.257 e. The number of piperidine rings is 1. The number of hydrogen-bond donors (Lipinski definition) is 1. The quantitative estimate of drug-likeness (QED) is 0.923. The maximum absolute atomic E-state index is 12.9. The number of nitrogens with one attached hydrogen (secondary N) is 1. The van der Waals surface area contributed by atoms with Crippen molar-refractivity contribution < 1.29 is 4.79 Å². The summed E-state index contributed by atoms with van der Waals surface area (Å²) in [5.74, 6) is 0.121. The summed E-state index contributed by atoms with van der Waals surface area (Å²) in [4.78, 5) is 14.9. The van der Waals surface area contributed by atoms with Crippen LogP contribution < -0.4 is 5.32 Å². The number of benzene rings is 1. The van der Waals surface area contributed by atoms with Crippen LogP contribution in [0.3, 0.4) is 0 Å². The van der Waals surface area contributed by atoms with Crippen LogP contribution in [0.25, 0.3) is 5.69 Å². The van der Waals surface area contributed by atoms with Crippen LogP contribution in [0, 0.1) is 12.3 Å². The molecule has 5 nitrogen and oxygen atoms in total. The van der Waals surface area contributed by atoms with Crippen LogP contribution in [0.5, 0.6) is 0 Å². The van der Waals surface area contributed by atoms with Crippen LogP contribution in [-0.4, -0.2) is 46.8 Å². The molecule has 3 heterocycles. The number of carbonyl (C=O) groups excluding carboxylic acids is 1. The molecule has 1 spiro atoms. The van der Waals surface area contributed by atoms with Crippen LogP contribution in [0.15, 0.2) is 36.5 Å². The van der Waals surface area contributed by atoms with Crippen LogP contribution in [0.2, 0.25) is 0 Å². The molecular formula is C19H24N4O. The summed E-state index contributed by atoms with van der Waals surface area (Å²) in [6.07, 6.45) is 5.18. The first-order valence-corrected chi connectivity index (χ1v) is 8.79. The third-order valence-electron chi connectivity index (χ3n) is 5.68. The van der Waals surface area contributed by atoms with Crippen molar-refractivity contribution in [1.82, 2.24) is 20.0 Å². The van der Waals surface area contributed by atoms with Gasteiger partial charge in [0, 0.05) is 19.6 Å². The fourth-order valence-electron chi connectivity index (χ4n) is 4.03. The summed E-state index contributed by atoms with van der Waals surface area (Å²) in [5.41, 5.74) is 3.05. The fraction of sp³-hybridized carbons (Fsp3) is 0.474. The highest BCUT2D eigenvalue weighted by Crippen LogP contribution is 2.37. The molecule has 2 aliphatic heterocycles. The van der Waals surface area contributed by atoms with Gasteiger partial charge in [0.15, 0.2) is 0 Å². The lowest BCUT2D eigenvalue weighted by molar-refractivity contribution is 0.0607. The Morgan fingerprint density at radius 1 is 1.17 bits per heavy atom. The van der Waals surface area contributed by atoms with Crippen molar-refractivity contribution in [2.75, 3.05) is 26.2 Å². The first-order chi connectivity index (χ1) is 11.7. The molecule has 4 rings (SSSR count). The number of para-hydroxylation sites is 1. The normalized spacial score (nSPS) is 19.8. The lowest BCUT2D eigenvalue weighted by atomic mass is 9.78. The van der Waals surface area contributed by atoms with Crippen molar-refractivity contribution in [3.8, 4) is 5.69 Å². The first kappa shape index (κ1) is 15.4. The standard InChI is InChI=1S/C19H24N4O/c1-15-17(13-21-23(15)16-5-3-2-4-6-16)18(24)22-11-8-19(9-12-22)7-10-20-14-19/h2-6,13,20H,7-12,14H2,1H3. The number of aromatic nitrogens is 2. The highest BCUT2D eigenvalue weighted by molar-refractivity contribution is 5.95. The molecule has 0 radical (unpaired) electrons. The largest absolute Gasteiger partial charge is 0.338 e. The molecule has 24 heavy (non-hydrogen) atoms. The highest BCUT2D eigenvalue weighted by Gasteiger charge is 2.38. The molecule has 0 bridgehead atoms. The Morgan fingerprint density at radius 2 is 1.92 bits per heavy atom. The summed E-state index contributed by atoms with van der Waals surface area (Å²) >= 11 is 0. The van der Waals surface area contributed by atoms with Crippen molar-refractivity contribution in [3.63, 3.8) is 0 Å². The van der Waals surface area contributed by atoms with Gasteiger partial charge >= 0.3 is 0 Å². The minimum atomic E-state index is 0.121. The Morgan fingerprint density at radius 3 is 2.58 bits per heavy atom. The van der Waals surface area contributed by atoms with Gasteiger partial charge in [-0.3, -0.25) is 4.79 Å². The van der Waals surface area contributed by atoms with Gasteiger partial charge in [-0.05, 0) is 50.3 Å². The zero-order chi connectivity index (χ0) is 16.6. The molecule has 2 aliphatic rings. The lowest BCUT2D eigenvalue weighted by Gasteiger charge is -2.38. The Kier molecular flexibility index (Phi) is 3.88. The maximum atomic E-state index is 12.9. The molecule has 0 unspecified atom stereocenters. The van der Waals surface area contributed by atoms with E-state index in [2.05, 4.69) is 10.4 Å². The van der Waals surface area contributed by atoms with E-state index < -0.39 is 0 Å². The molecular weight excluding hydrogens is 300 g/mol. The summed E-state index contributed by atoms with van der Waals surface area (Å²) in [6.45, 7) is 5.92. The molecule has 0 saturated carbocycles. The van der Waals surface area contributed by atoms with E-state index in [-0.39, 0.29) is 5.91 Å². The van der Waals surface area contributed by atoms with Crippen molar-refractivity contribution in [2.45, 2.75) is 26.2 Å². The molecule has 126 valence electrons. The van der Waals surface area contributed by atoms with E-state index in [0.717, 1.165) is 56.0 Å². The van der Waals surface area contributed by atoms with Gasteiger partial charge in [-0.15, -0.1) is 0 Å². The summed E-state index contributed by atoms with van der Waals surface area (Å²) in [7, 11) is 0. The zero-order valence-electron chi connectivity index (χ0n) is 14.2. The Bertz CT molecular complexity index is 721. The monoisotopic (exact) mass is 324 g/mol. The van der Waals surface area contributed by atoms with Crippen molar-refractivity contribution in [1.29, 1.82) is 0 Å². The van der Waals surface area contributed by atoms with Gasteiger partial charge in [0.2, 0.25) is 0 Å². The predicted molar refractivity (Wildman–Crippen MR) is 93.4 cm³/mol. The summed E-state index contributed by atoms with van der Waals surface area (Å²) in [6, 6.07) is 9.96.